The molecule has 0 bridgehead atoms. The molecular weight excluding hydrogens is 530 g/mol. The minimum Gasteiger partial charge on any atom is -0.461 e. The van der Waals surface area contributed by atoms with Crippen molar-refractivity contribution in [3.8, 4) is 0 Å². The molecule has 1 aromatic rings. The predicted octanol–water partition coefficient (Wildman–Crippen LogP) is 4.93. The molecule has 41 heavy (non-hydrogen) atoms. The second kappa shape index (κ2) is 15.9. The molecule has 0 aliphatic carbocycles. The maximum absolute atomic E-state index is 13.6. The third-order valence-corrected chi connectivity index (χ3v) is 5.39. The van der Waals surface area contributed by atoms with Crippen LogP contribution in [0, 0.1) is 17.8 Å². The zero-order valence-corrected chi connectivity index (χ0v) is 25.5. The van der Waals surface area contributed by atoms with Crippen LogP contribution in [0.1, 0.15) is 73.8 Å². The summed E-state index contributed by atoms with van der Waals surface area (Å²) in [6.45, 7) is 16.7. The molecule has 1 rings (SSSR count). The van der Waals surface area contributed by atoms with Gasteiger partial charge < -0.3 is 24.3 Å². The lowest BCUT2D eigenvalue weighted by atomic mass is 9.85. The van der Waals surface area contributed by atoms with E-state index in [1.165, 1.54) is 6.08 Å². The first-order valence-electron chi connectivity index (χ1n) is 13.7. The Bertz CT molecular complexity index is 1050. The Kier molecular flexibility index (Phi) is 13.7. The maximum atomic E-state index is 13.6. The average molecular weight is 576 g/mol. The fourth-order valence-electron chi connectivity index (χ4n) is 3.74. The monoisotopic (exact) mass is 575 g/mol. The van der Waals surface area contributed by atoms with Gasteiger partial charge in [-0.25, -0.2) is 4.79 Å². The topological polar surface area (TPSA) is 134 Å². The highest BCUT2D eigenvalue weighted by atomic mass is 16.6. The van der Waals surface area contributed by atoms with E-state index in [0.29, 0.717) is 5.56 Å². The molecule has 0 aliphatic rings. The molecule has 3 atom stereocenters. The lowest BCUT2D eigenvalue weighted by Gasteiger charge is -2.28. The van der Waals surface area contributed by atoms with Gasteiger partial charge in [0.1, 0.15) is 24.4 Å². The molecule has 0 fully saturated rings. The van der Waals surface area contributed by atoms with E-state index >= 15 is 0 Å². The number of carbonyl (C=O) groups excluding carboxylic acids is 5. The SMILES string of the molecule is C=CCOC(=O)C(C(=O)OC(C)(C)C)[C@H](CC(=O)[C@@H](CC(C)C)NC(=O)OC(C)(C)C)C(=O)OCc1ccccc1. The molecular formula is C31H45NO9. The lowest BCUT2D eigenvalue weighted by molar-refractivity contribution is -0.177. The largest absolute Gasteiger partial charge is 0.461 e. The van der Waals surface area contributed by atoms with Crippen LogP contribution in [0.5, 0.6) is 0 Å². The molecule has 10 heteroatoms. The summed E-state index contributed by atoms with van der Waals surface area (Å²) in [5.74, 6) is -7.07. The van der Waals surface area contributed by atoms with Crippen LogP contribution < -0.4 is 5.32 Å². The van der Waals surface area contributed by atoms with Crippen LogP contribution in [0.25, 0.3) is 0 Å². The summed E-state index contributed by atoms with van der Waals surface area (Å²) in [7, 11) is 0. The van der Waals surface area contributed by atoms with Gasteiger partial charge in [-0.05, 0) is 59.4 Å². The molecule has 1 N–H and O–H groups in total. The molecule has 1 aromatic carbocycles. The van der Waals surface area contributed by atoms with E-state index in [4.69, 9.17) is 18.9 Å². The molecule has 0 heterocycles. The number of hydrogen-bond donors (Lipinski definition) is 1. The van der Waals surface area contributed by atoms with Gasteiger partial charge in [-0.2, -0.15) is 0 Å². The van der Waals surface area contributed by atoms with Crippen molar-refractivity contribution in [1.82, 2.24) is 5.32 Å². The molecule has 0 aromatic heterocycles. The first-order chi connectivity index (χ1) is 18.9. The number of hydrogen-bond acceptors (Lipinski definition) is 9. The van der Waals surface area contributed by atoms with Gasteiger partial charge in [0.15, 0.2) is 11.7 Å². The van der Waals surface area contributed by atoms with Crippen molar-refractivity contribution in [3.05, 3.63) is 48.6 Å². The van der Waals surface area contributed by atoms with Gasteiger partial charge in [-0.3, -0.25) is 19.2 Å². The smallest absolute Gasteiger partial charge is 0.408 e. The third-order valence-electron chi connectivity index (χ3n) is 5.39. The molecule has 0 spiro atoms. The second-order valence-electron chi connectivity index (χ2n) is 12.1. The Balaban J connectivity index is 3.44. The van der Waals surface area contributed by atoms with Crippen molar-refractivity contribution in [2.45, 2.75) is 92.1 Å². The average Bonchev–Trinajstić information content (AvgIpc) is 2.83. The minimum absolute atomic E-state index is 0.0263. The summed E-state index contributed by atoms with van der Waals surface area (Å²) >= 11 is 0. The van der Waals surface area contributed by atoms with Crippen LogP contribution in [-0.4, -0.2) is 53.6 Å². The summed E-state index contributed by atoms with van der Waals surface area (Å²) in [4.78, 5) is 66.0. The van der Waals surface area contributed by atoms with Crippen LogP contribution in [-0.2, 0) is 44.7 Å². The predicted molar refractivity (Wildman–Crippen MR) is 152 cm³/mol. The number of nitrogens with one attached hydrogen (secondary N) is 1. The fourth-order valence-corrected chi connectivity index (χ4v) is 3.74. The van der Waals surface area contributed by atoms with Crippen molar-refractivity contribution in [1.29, 1.82) is 0 Å². The van der Waals surface area contributed by atoms with Gasteiger partial charge in [-0.15, -0.1) is 0 Å². The quantitative estimate of drug-likeness (QED) is 0.142. The van der Waals surface area contributed by atoms with Gasteiger partial charge in [0, 0.05) is 6.42 Å². The van der Waals surface area contributed by atoms with Crippen LogP contribution in [0.2, 0.25) is 0 Å². The van der Waals surface area contributed by atoms with Crippen molar-refractivity contribution in [3.63, 3.8) is 0 Å². The minimum atomic E-state index is -1.80. The summed E-state index contributed by atoms with van der Waals surface area (Å²) in [6, 6.07) is 7.74. The Hall–Kier alpha value is -3.69. The second-order valence-corrected chi connectivity index (χ2v) is 12.1. The van der Waals surface area contributed by atoms with E-state index in [1.807, 2.05) is 13.8 Å². The molecule has 0 aliphatic heterocycles. The number of benzene rings is 1. The van der Waals surface area contributed by atoms with E-state index < -0.39 is 65.3 Å². The number of carbonyl (C=O) groups is 5. The normalized spacial score (nSPS) is 13.8. The van der Waals surface area contributed by atoms with Crippen molar-refractivity contribution >= 4 is 29.8 Å². The van der Waals surface area contributed by atoms with E-state index in [-0.39, 0.29) is 25.6 Å². The van der Waals surface area contributed by atoms with Gasteiger partial charge in [-0.1, -0.05) is 56.8 Å². The molecule has 1 amide bonds. The summed E-state index contributed by atoms with van der Waals surface area (Å²) in [5.41, 5.74) is -1.15. The van der Waals surface area contributed by atoms with E-state index in [1.54, 1.807) is 71.9 Å². The zero-order chi connectivity index (χ0) is 31.4. The lowest BCUT2D eigenvalue weighted by Crippen LogP contribution is -2.47. The number of ketones is 1. The summed E-state index contributed by atoms with van der Waals surface area (Å²) in [6.07, 6.45) is 0.116. The number of Topliss-reactive ketones (excluding diaryl/α,β-unsaturated/α-hetero) is 1. The molecule has 0 radical (unpaired) electrons. The van der Waals surface area contributed by atoms with Crippen LogP contribution in [0.15, 0.2) is 43.0 Å². The molecule has 228 valence electrons. The number of rotatable bonds is 14. The van der Waals surface area contributed by atoms with Crippen LogP contribution >= 0.6 is 0 Å². The van der Waals surface area contributed by atoms with Crippen LogP contribution in [0.4, 0.5) is 4.79 Å². The third kappa shape index (κ3) is 14.0. The first-order valence-corrected chi connectivity index (χ1v) is 13.7. The number of amides is 1. The first kappa shape index (κ1) is 35.3. The summed E-state index contributed by atoms with van der Waals surface area (Å²) in [5, 5.41) is 2.57. The van der Waals surface area contributed by atoms with E-state index in [9.17, 15) is 24.0 Å². The van der Waals surface area contributed by atoms with Crippen molar-refractivity contribution in [2.24, 2.45) is 17.8 Å². The molecule has 10 nitrogen and oxygen atoms in total. The van der Waals surface area contributed by atoms with Crippen LogP contribution in [0.3, 0.4) is 0 Å². The standard InChI is InChI=1S/C31H45NO9/c1-10-16-38-27(35)25(28(36)40-30(4,5)6)22(26(34)39-19-21-14-12-11-13-15-21)18-24(33)23(17-20(2)3)32-29(37)41-31(7,8)9/h10-15,20,22-23,25H,1,16-19H2,2-9H3,(H,32,37)/t22-,23+,25?/m0/s1. The highest BCUT2D eigenvalue weighted by Gasteiger charge is 2.45. The Labute approximate surface area is 243 Å². The maximum Gasteiger partial charge on any atom is 0.408 e. The Morgan fingerprint density at radius 3 is 1.95 bits per heavy atom. The van der Waals surface area contributed by atoms with Gasteiger partial charge >= 0.3 is 24.0 Å². The fraction of sp³-hybridized carbons (Fsp3) is 0.581. The highest BCUT2D eigenvalue weighted by Crippen LogP contribution is 2.26. The van der Waals surface area contributed by atoms with E-state index in [2.05, 4.69) is 11.9 Å². The number of alkyl carbamates (subject to hydrolysis) is 1. The number of esters is 3. The van der Waals surface area contributed by atoms with Gasteiger partial charge in [0.25, 0.3) is 0 Å². The molecule has 0 saturated heterocycles. The Morgan fingerprint density at radius 1 is 0.854 bits per heavy atom. The van der Waals surface area contributed by atoms with Crippen molar-refractivity contribution < 1.29 is 42.9 Å². The molecule has 1 unspecified atom stereocenters. The zero-order valence-electron chi connectivity index (χ0n) is 25.5. The van der Waals surface area contributed by atoms with Crippen molar-refractivity contribution in [2.75, 3.05) is 6.61 Å². The number of ether oxygens (including phenoxy) is 4. The van der Waals surface area contributed by atoms with Gasteiger partial charge in [0.05, 0.1) is 12.0 Å². The summed E-state index contributed by atoms with van der Waals surface area (Å²) < 4.78 is 21.4. The van der Waals surface area contributed by atoms with Gasteiger partial charge in [0.2, 0.25) is 0 Å². The Morgan fingerprint density at radius 2 is 1.44 bits per heavy atom. The van der Waals surface area contributed by atoms with E-state index in [0.717, 1.165) is 0 Å². The molecule has 0 saturated carbocycles. The highest BCUT2D eigenvalue weighted by molar-refractivity contribution is 6.01.